The van der Waals surface area contributed by atoms with Gasteiger partial charge in [0.25, 0.3) is 0 Å². The van der Waals surface area contributed by atoms with Gasteiger partial charge in [-0.3, -0.25) is 9.59 Å². The van der Waals surface area contributed by atoms with E-state index in [1.807, 2.05) is 31.3 Å². The second-order valence-electron chi connectivity index (χ2n) is 5.23. The van der Waals surface area contributed by atoms with Gasteiger partial charge in [-0.2, -0.15) is 5.10 Å². The van der Waals surface area contributed by atoms with Gasteiger partial charge in [0.1, 0.15) is 6.04 Å². The number of amides is 2. The van der Waals surface area contributed by atoms with Crippen LogP contribution < -0.4 is 10.6 Å². The Bertz CT molecular complexity index is 637. The standard InChI is InChI=1S/C16H21N5O2/c1-3-5-14(20-12(2)22)16(23)18-11-13-6-7-15(17-10-13)21-9-4-8-19-21/h4,6-10,14H,3,5,11H2,1-2H3,(H,18,23)(H,20,22)/t14-/m1/s1. The number of carbonyl (C=O) groups is 2. The van der Waals surface area contributed by atoms with Crippen LogP contribution in [-0.2, 0) is 16.1 Å². The first-order chi connectivity index (χ1) is 11.1. The molecular formula is C16H21N5O2. The van der Waals surface area contributed by atoms with Crippen molar-refractivity contribution in [2.45, 2.75) is 39.3 Å². The summed E-state index contributed by atoms with van der Waals surface area (Å²) in [4.78, 5) is 27.6. The van der Waals surface area contributed by atoms with Gasteiger partial charge in [-0.1, -0.05) is 19.4 Å². The molecule has 7 nitrogen and oxygen atoms in total. The maximum absolute atomic E-state index is 12.1. The van der Waals surface area contributed by atoms with Crippen LogP contribution in [0.25, 0.3) is 5.82 Å². The van der Waals surface area contributed by atoms with Crippen molar-refractivity contribution in [2.24, 2.45) is 0 Å². The average molecular weight is 315 g/mol. The predicted molar refractivity (Wildman–Crippen MR) is 85.7 cm³/mol. The highest BCUT2D eigenvalue weighted by atomic mass is 16.2. The molecule has 7 heteroatoms. The molecule has 0 saturated heterocycles. The van der Waals surface area contributed by atoms with Crippen molar-refractivity contribution in [1.82, 2.24) is 25.4 Å². The maximum Gasteiger partial charge on any atom is 0.242 e. The molecule has 2 aromatic rings. The predicted octanol–water partition coefficient (Wildman–Crippen LogP) is 1.19. The summed E-state index contributed by atoms with van der Waals surface area (Å²) in [5, 5.41) is 9.60. The van der Waals surface area contributed by atoms with Gasteiger partial charge in [0.2, 0.25) is 11.8 Å². The highest BCUT2D eigenvalue weighted by Crippen LogP contribution is 2.05. The minimum absolute atomic E-state index is 0.182. The van der Waals surface area contributed by atoms with Gasteiger partial charge in [-0.25, -0.2) is 9.67 Å². The molecule has 2 heterocycles. The van der Waals surface area contributed by atoms with Gasteiger partial charge in [-0.05, 0) is 24.1 Å². The van der Waals surface area contributed by atoms with Gasteiger partial charge < -0.3 is 10.6 Å². The third-order valence-corrected chi connectivity index (χ3v) is 3.29. The molecule has 2 rings (SSSR count). The lowest BCUT2D eigenvalue weighted by molar-refractivity contribution is -0.128. The third-order valence-electron chi connectivity index (χ3n) is 3.29. The summed E-state index contributed by atoms with van der Waals surface area (Å²) in [5.41, 5.74) is 0.882. The fraction of sp³-hybridized carbons (Fsp3) is 0.375. The molecule has 2 N–H and O–H groups in total. The van der Waals surface area contributed by atoms with Crippen LogP contribution in [0.4, 0.5) is 0 Å². The average Bonchev–Trinajstić information content (AvgIpc) is 3.06. The number of nitrogens with zero attached hydrogens (tertiary/aromatic N) is 3. The Morgan fingerprint density at radius 3 is 2.74 bits per heavy atom. The maximum atomic E-state index is 12.1. The van der Waals surface area contributed by atoms with E-state index < -0.39 is 6.04 Å². The van der Waals surface area contributed by atoms with Crippen LogP contribution in [-0.4, -0.2) is 32.6 Å². The molecule has 0 saturated carbocycles. The minimum atomic E-state index is -0.492. The molecule has 0 unspecified atom stereocenters. The van der Waals surface area contributed by atoms with Crippen LogP contribution in [0.2, 0.25) is 0 Å². The van der Waals surface area contributed by atoms with E-state index in [9.17, 15) is 9.59 Å². The molecule has 23 heavy (non-hydrogen) atoms. The Morgan fingerprint density at radius 2 is 2.17 bits per heavy atom. The van der Waals surface area contributed by atoms with E-state index in [2.05, 4.69) is 20.7 Å². The van der Waals surface area contributed by atoms with Crippen LogP contribution in [0.5, 0.6) is 0 Å². The van der Waals surface area contributed by atoms with Crippen LogP contribution in [0.1, 0.15) is 32.3 Å². The Kier molecular flexibility index (Phi) is 5.85. The number of rotatable bonds is 7. The monoisotopic (exact) mass is 315 g/mol. The van der Waals surface area contributed by atoms with E-state index in [0.29, 0.717) is 18.8 Å². The Balaban J connectivity index is 1.91. The van der Waals surface area contributed by atoms with E-state index in [0.717, 1.165) is 12.0 Å². The lowest BCUT2D eigenvalue weighted by Crippen LogP contribution is -2.45. The van der Waals surface area contributed by atoms with E-state index in [1.165, 1.54) is 6.92 Å². The molecule has 0 aliphatic heterocycles. The quantitative estimate of drug-likeness (QED) is 0.803. The fourth-order valence-electron chi connectivity index (χ4n) is 2.18. The Morgan fingerprint density at radius 1 is 1.35 bits per heavy atom. The molecule has 0 aromatic carbocycles. The smallest absolute Gasteiger partial charge is 0.242 e. The Labute approximate surface area is 135 Å². The number of hydrogen-bond acceptors (Lipinski definition) is 4. The third kappa shape index (κ3) is 4.91. The molecule has 0 bridgehead atoms. The topological polar surface area (TPSA) is 88.9 Å². The molecule has 0 aliphatic rings. The number of aromatic nitrogens is 3. The number of hydrogen-bond donors (Lipinski definition) is 2. The zero-order chi connectivity index (χ0) is 16.7. The number of pyridine rings is 1. The first-order valence-electron chi connectivity index (χ1n) is 7.60. The zero-order valence-electron chi connectivity index (χ0n) is 13.3. The van der Waals surface area contributed by atoms with Gasteiger partial charge in [0.15, 0.2) is 5.82 Å². The fourth-order valence-corrected chi connectivity index (χ4v) is 2.18. The van der Waals surface area contributed by atoms with Gasteiger partial charge in [-0.15, -0.1) is 0 Å². The summed E-state index contributed by atoms with van der Waals surface area (Å²) >= 11 is 0. The molecule has 2 aromatic heterocycles. The Hall–Kier alpha value is -2.70. The van der Waals surface area contributed by atoms with Gasteiger partial charge >= 0.3 is 0 Å². The number of carbonyl (C=O) groups excluding carboxylic acids is 2. The summed E-state index contributed by atoms with van der Waals surface area (Å²) in [6.07, 6.45) is 6.63. The van der Waals surface area contributed by atoms with Crippen LogP contribution in [0, 0.1) is 0 Å². The molecule has 2 amide bonds. The first-order valence-corrected chi connectivity index (χ1v) is 7.60. The highest BCUT2D eigenvalue weighted by Gasteiger charge is 2.17. The second kappa shape index (κ2) is 8.07. The van der Waals surface area contributed by atoms with Gasteiger partial charge in [0.05, 0.1) is 0 Å². The largest absolute Gasteiger partial charge is 0.350 e. The van der Waals surface area contributed by atoms with Gasteiger partial charge in [0, 0.05) is 32.1 Å². The van der Waals surface area contributed by atoms with Crippen molar-refractivity contribution < 1.29 is 9.59 Å². The summed E-state index contributed by atoms with van der Waals surface area (Å²) < 4.78 is 1.66. The normalized spacial score (nSPS) is 11.7. The summed E-state index contributed by atoms with van der Waals surface area (Å²) in [5.74, 6) is 0.328. The molecule has 0 spiro atoms. The highest BCUT2D eigenvalue weighted by molar-refractivity contribution is 5.86. The van der Waals surface area contributed by atoms with Crippen LogP contribution >= 0.6 is 0 Å². The summed E-state index contributed by atoms with van der Waals surface area (Å²) in [7, 11) is 0. The summed E-state index contributed by atoms with van der Waals surface area (Å²) in [6, 6.07) is 5.06. The SMILES string of the molecule is CCC[C@@H](NC(C)=O)C(=O)NCc1ccc(-n2cccn2)nc1. The molecule has 0 fully saturated rings. The zero-order valence-corrected chi connectivity index (χ0v) is 13.3. The minimum Gasteiger partial charge on any atom is -0.350 e. The van der Waals surface area contributed by atoms with Crippen molar-refractivity contribution in [3.8, 4) is 5.82 Å². The van der Waals surface area contributed by atoms with Crippen LogP contribution in [0.3, 0.4) is 0 Å². The lowest BCUT2D eigenvalue weighted by atomic mass is 10.1. The number of nitrogens with one attached hydrogen (secondary N) is 2. The summed E-state index contributed by atoms with van der Waals surface area (Å²) in [6.45, 7) is 3.75. The van der Waals surface area contributed by atoms with E-state index in [-0.39, 0.29) is 11.8 Å². The van der Waals surface area contributed by atoms with E-state index in [4.69, 9.17) is 0 Å². The lowest BCUT2D eigenvalue weighted by Gasteiger charge is -2.16. The molecule has 122 valence electrons. The first kappa shape index (κ1) is 16.7. The van der Waals surface area contributed by atoms with Crippen molar-refractivity contribution in [2.75, 3.05) is 0 Å². The van der Waals surface area contributed by atoms with Crippen LogP contribution in [0.15, 0.2) is 36.8 Å². The van der Waals surface area contributed by atoms with Crippen molar-refractivity contribution in [3.63, 3.8) is 0 Å². The molecule has 1 atom stereocenters. The molecule has 0 aliphatic carbocycles. The van der Waals surface area contributed by atoms with Crippen molar-refractivity contribution in [1.29, 1.82) is 0 Å². The van der Waals surface area contributed by atoms with E-state index in [1.54, 1.807) is 17.1 Å². The van der Waals surface area contributed by atoms with Crippen molar-refractivity contribution >= 4 is 11.8 Å². The van der Waals surface area contributed by atoms with Crippen molar-refractivity contribution in [3.05, 3.63) is 42.4 Å². The van der Waals surface area contributed by atoms with E-state index >= 15 is 0 Å². The molecular weight excluding hydrogens is 294 g/mol. The second-order valence-corrected chi connectivity index (χ2v) is 5.23. The molecule has 0 radical (unpaired) electrons.